The predicted molar refractivity (Wildman–Crippen MR) is 209 cm³/mol. The summed E-state index contributed by atoms with van der Waals surface area (Å²) in [4.78, 5) is 9.36. The summed E-state index contributed by atoms with van der Waals surface area (Å²) in [5.41, 5.74) is 7.61. The minimum absolute atomic E-state index is 0. The molecule has 0 saturated carbocycles. The molecule has 2 N–H and O–H groups in total. The van der Waals surface area contributed by atoms with E-state index in [1.165, 1.54) is 0 Å². The van der Waals surface area contributed by atoms with E-state index >= 15 is 0 Å². The van der Waals surface area contributed by atoms with Gasteiger partial charge in [-0.05, 0) is 56.9 Å². The average Bonchev–Trinajstić information content (AvgIpc) is 3.18. The van der Waals surface area contributed by atoms with Gasteiger partial charge in [0.25, 0.3) is 0 Å². The smallest absolute Gasteiger partial charge is 0.124 e. The fourth-order valence-electron chi connectivity index (χ4n) is 6.00. The maximum absolute atomic E-state index is 10.3. The molecule has 8 aromatic rings. The number of benzene rings is 8. The number of fused-ring (bicyclic) bond motifs is 2. The Kier molecular flexibility index (Phi) is 11.1. The molecule has 0 radical (unpaired) electrons. The molecule has 0 unspecified atom stereocenters. The van der Waals surface area contributed by atoms with Gasteiger partial charge in [0.15, 0.2) is 0 Å². The SMILES string of the molecule is Oc1ccc2ccccc2c1C=Nc1ccccc1-c1ccccc1.Oc1ccc2ccccc2c1C=Nc1ccccc1-c1ccccc1.[Ni]. The number of para-hydroxylation sites is 2. The Morgan fingerprint density at radius 1 is 0.353 bits per heavy atom. The molecule has 0 aliphatic rings. The molecule has 0 spiro atoms. The third-order valence-electron chi connectivity index (χ3n) is 8.54. The number of phenolic OH excluding ortho intramolecular Hbond substituents is 2. The van der Waals surface area contributed by atoms with Gasteiger partial charge in [-0.15, -0.1) is 0 Å². The van der Waals surface area contributed by atoms with Crippen LogP contribution in [0, 0.1) is 0 Å². The van der Waals surface area contributed by atoms with Gasteiger partial charge in [0.05, 0.1) is 11.4 Å². The van der Waals surface area contributed by atoms with Gasteiger partial charge in [0.2, 0.25) is 0 Å². The van der Waals surface area contributed by atoms with E-state index < -0.39 is 0 Å². The molecule has 51 heavy (non-hydrogen) atoms. The Morgan fingerprint density at radius 2 is 0.706 bits per heavy atom. The van der Waals surface area contributed by atoms with Crippen molar-refractivity contribution in [3.05, 3.63) is 193 Å². The number of phenols is 2. The van der Waals surface area contributed by atoms with E-state index in [0.29, 0.717) is 0 Å². The minimum atomic E-state index is 0. The molecule has 4 nitrogen and oxygen atoms in total. The summed E-state index contributed by atoms with van der Waals surface area (Å²) in [6, 6.07) is 59.7. The van der Waals surface area contributed by atoms with Crippen LogP contribution in [-0.2, 0) is 16.5 Å². The van der Waals surface area contributed by atoms with Gasteiger partial charge in [-0.25, -0.2) is 0 Å². The van der Waals surface area contributed by atoms with Crippen LogP contribution in [-0.4, -0.2) is 22.6 Å². The zero-order chi connectivity index (χ0) is 34.1. The van der Waals surface area contributed by atoms with Gasteiger partial charge >= 0.3 is 0 Å². The monoisotopic (exact) mass is 704 g/mol. The second-order valence-corrected chi connectivity index (χ2v) is 11.7. The van der Waals surface area contributed by atoms with E-state index in [1.54, 1.807) is 24.6 Å². The fraction of sp³-hybridized carbons (Fsp3) is 0. The van der Waals surface area contributed by atoms with E-state index in [1.807, 2.05) is 133 Å². The van der Waals surface area contributed by atoms with Crippen molar-refractivity contribution in [3.63, 3.8) is 0 Å². The van der Waals surface area contributed by atoms with Crippen LogP contribution in [0.3, 0.4) is 0 Å². The summed E-state index contributed by atoms with van der Waals surface area (Å²) in [5.74, 6) is 0.472. The van der Waals surface area contributed by atoms with Crippen molar-refractivity contribution in [2.75, 3.05) is 0 Å². The molecule has 0 amide bonds. The third-order valence-corrected chi connectivity index (χ3v) is 8.54. The standard InChI is InChI=1S/2C23H17NO.Ni/c2*25-23-15-14-18-10-4-5-11-19(18)21(23)16-24-22-13-7-6-12-20(22)17-8-2-1-3-9-17;/h2*1-16,25H;. The number of hydrogen-bond donors (Lipinski definition) is 2. The van der Waals surface area contributed by atoms with Crippen molar-refractivity contribution < 1.29 is 26.7 Å². The van der Waals surface area contributed by atoms with Crippen molar-refractivity contribution in [2.45, 2.75) is 0 Å². The Hall–Kier alpha value is -6.29. The first-order valence-electron chi connectivity index (χ1n) is 16.4. The predicted octanol–water partition coefficient (Wildman–Crippen LogP) is 11.9. The van der Waals surface area contributed by atoms with Crippen molar-refractivity contribution >= 4 is 45.3 Å². The Morgan fingerprint density at radius 3 is 1.14 bits per heavy atom. The van der Waals surface area contributed by atoms with E-state index in [4.69, 9.17) is 0 Å². The molecule has 0 heterocycles. The van der Waals surface area contributed by atoms with Gasteiger partial charge in [0, 0.05) is 51.2 Å². The first kappa shape index (κ1) is 34.6. The van der Waals surface area contributed by atoms with E-state index in [2.05, 4.69) is 46.4 Å². The van der Waals surface area contributed by atoms with Gasteiger partial charge in [-0.2, -0.15) is 0 Å². The second-order valence-electron chi connectivity index (χ2n) is 11.7. The fourth-order valence-corrected chi connectivity index (χ4v) is 6.00. The summed E-state index contributed by atoms with van der Waals surface area (Å²) in [5, 5.41) is 24.7. The zero-order valence-electron chi connectivity index (χ0n) is 27.6. The number of nitrogens with zero attached hydrogens (tertiary/aromatic N) is 2. The summed E-state index contributed by atoms with van der Waals surface area (Å²) in [7, 11) is 0. The van der Waals surface area contributed by atoms with E-state index in [-0.39, 0.29) is 28.0 Å². The normalized spacial score (nSPS) is 11.0. The molecule has 0 fully saturated rings. The van der Waals surface area contributed by atoms with Crippen LogP contribution in [0.4, 0.5) is 11.4 Å². The largest absolute Gasteiger partial charge is 0.507 e. The number of aromatic hydroxyl groups is 2. The van der Waals surface area contributed by atoms with E-state index in [9.17, 15) is 10.2 Å². The Balaban J connectivity index is 0.000000172. The minimum Gasteiger partial charge on any atom is -0.507 e. The van der Waals surface area contributed by atoms with Crippen LogP contribution >= 0.6 is 0 Å². The molecular weight excluding hydrogens is 671 g/mol. The summed E-state index contributed by atoms with van der Waals surface area (Å²) in [6.45, 7) is 0. The molecule has 0 saturated heterocycles. The Bertz CT molecular complexity index is 2290. The van der Waals surface area contributed by atoms with Crippen LogP contribution < -0.4 is 0 Å². The van der Waals surface area contributed by atoms with Gasteiger partial charge in [0.1, 0.15) is 11.5 Å². The summed E-state index contributed by atoms with van der Waals surface area (Å²) in [6.07, 6.45) is 3.50. The van der Waals surface area contributed by atoms with Crippen molar-refractivity contribution in [1.29, 1.82) is 0 Å². The molecular formula is C46H34N2NiO2. The number of rotatable bonds is 6. The van der Waals surface area contributed by atoms with Crippen molar-refractivity contribution in [1.82, 2.24) is 0 Å². The first-order valence-corrected chi connectivity index (χ1v) is 16.4. The second kappa shape index (κ2) is 16.4. The summed E-state index contributed by atoms with van der Waals surface area (Å²) < 4.78 is 0. The topological polar surface area (TPSA) is 65.2 Å². The molecule has 0 bridgehead atoms. The zero-order valence-corrected chi connectivity index (χ0v) is 28.6. The van der Waals surface area contributed by atoms with Crippen LogP contribution in [0.15, 0.2) is 192 Å². The van der Waals surface area contributed by atoms with Gasteiger partial charge in [-0.1, -0.05) is 158 Å². The van der Waals surface area contributed by atoms with Crippen molar-refractivity contribution in [3.8, 4) is 33.8 Å². The van der Waals surface area contributed by atoms with Gasteiger partial charge < -0.3 is 10.2 Å². The first-order chi connectivity index (χ1) is 24.7. The molecule has 0 aliphatic carbocycles. The number of aliphatic imine (C=N–C) groups is 2. The van der Waals surface area contributed by atoms with Crippen LogP contribution in [0.2, 0.25) is 0 Å². The van der Waals surface area contributed by atoms with Crippen LogP contribution in [0.1, 0.15) is 11.1 Å². The van der Waals surface area contributed by atoms with Crippen LogP contribution in [0.5, 0.6) is 11.5 Å². The van der Waals surface area contributed by atoms with E-state index in [0.717, 1.165) is 66.3 Å². The van der Waals surface area contributed by atoms with Gasteiger partial charge in [-0.3, -0.25) is 9.98 Å². The van der Waals surface area contributed by atoms with Crippen LogP contribution in [0.25, 0.3) is 43.8 Å². The average molecular weight is 705 g/mol. The quantitative estimate of drug-likeness (QED) is 0.134. The molecule has 8 rings (SSSR count). The molecule has 250 valence electrons. The molecule has 0 aliphatic heterocycles. The molecule has 0 atom stereocenters. The summed E-state index contributed by atoms with van der Waals surface area (Å²) >= 11 is 0. The number of hydrogen-bond acceptors (Lipinski definition) is 4. The molecule has 8 aromatic carbocycles. The van der Waals surface area contributed by atoms with Crippen molar-refractivity contribution in [2.24, 2.45) is 9.98 Å². The maximum Gasteiger partial charge on any atom is 0.124 e. The maximum atomic E-state index is 10.3. The molecule has 0 aromatic heterocycles. The molecule has 5 heteroatoms. The third kappa shape index (κ3) is 7.97. The Labute approximate surface area is 307 Å².